The van der Waals surface area contributed by atoms with Crippen molar-refractivity contribution < 1.29 is 14.3 Å². The Kier molecular flexibility index (Phi) is 9.26. The van der Waals surface area contributed by atoms with Gasteiger partial charge in [-0.2, -0.15) is 15.5 Å². The molecule has 1 aromatic carbocycles. The molecule has 0 unspecified atom stereocenters. The number of nitrogens with one attached hydrogen (secondary N) is 2. The third-order valence-electron chi connectivity index (χ3n) is 3.91. The molecule has 12 heteroatoms. The van der Waals surface area contributed by atoms with Gasteiger partial charge in [0.1, 0.15) is 17.5 Å². The number of ether oxygens (including phenoxy) is 1. The summed E-state index contributed by atoms with van der Waals surface area (Å²) in [5.74, 6) is -1.52. The zero-order valence-electron chi connectivity index (χ0n) is 17.4. The molecule has 2 N–H and O–H groups in total. The first-order valence-corrected chi connectivity index (χ1v) is 10.9. The number of rotatable bonds is 9. The SMILES string of the molecule is CCOC(=O)CC(=O)/C(C#N)=N\Nc1cc(Cl)c(Sc2cc(C(C)C)c(=O)[nH]n2)c(Cl)c1. The normalized spacial score (nSPS) is 11.2. The number of ketones is 1. The predicted octanol–water partition coefficient (Wildman–Crippen LogP) is 4.17. The number of hydrogen-bond donors (Lipinski definition) is 2. The molecule has 2 aromatic rings. The Labute approximate surface area is 198 Å². The first-order valence-electron chi connectivity index (χ1n) is 9.35. The van der Waals surface area contributed by atoms with E-state index in [2.05, 4.69) is 25.5 Å². The first kappa shape index (κ1) is 25.4. The number of halogens is 2. The van der Waals surface area contributed by atoms with Crippen LogP contribution in [-0.2, 0) is 14.3 Å². The number of benzene rings is 1. The van der Waals surface area contributed by atoms with E-state index in [4.69, 9.17) is 28.5 Å². The van der Waals surface area contributed by atoms with Crippen LogP contribution >= 0.6 is 35.0 Å². The summed E-state index contributed by atoms with van der Waals surface area (Å²) in [6, 6.07) is 6.31. The van der Waals surface area contributed by atoms with Gasteiger partial charge in [-0.25, -0.2) is 5.10 Å². The molecule has 0 radical (unpaired) electrons. The highest BCUT2D eigenvalue weighted by Gasteiger charge is 2.18. The van der Waals surface area contributed by atoms with Crippen molar-refractivity contribution in [3.05, 3.63) is 44.2 Å². The molecule has 0 aliphatic heterocycles. The standard InChI is InChI=1S/C20H19Cl2N5O4S/c1-4-31-18(29)8-16(28)15(9-23)25-24-11-5-13(21)19(14(22)6-11)32-17-7-12(10(2)3)20(30)27-26-17/h5-7,10,24H,4,8H2,1-3H3,(H,27,30)/b25-15-. The molecule has 32 heavy (non-hydrogen) atoms. The van der Waals surface area contributed by atoms with Gasteiger partial charge in [0.2, 0.25) is 11.5 Å². The number of aromatic amines is 1. The Balaban J connectivity index is 2.20. The van der Waals surface area contributed by atoms with Gasteiger partial charge in [0, 0.05) is 5.56 Å². The van der Waals surface area contributed by atoms with Crippen LogP contribution in [0.15, 0.2) is 38.0 Å². The van der Waals surface area contributed by atoms with Crippen molar-refractivity contribution in [3.63, 3.8) is 0 Å². The Morgan fingerprint density at radius 3 is 2.53 bits per heavy atom. The average Bonchev–Trinajstić information content (AvgIpc) is 2.72. The molecule has 0 saturated carbocycles. The van der Waals surface area contributed by atoms with Crippen molar-refractivity contribution in [2.24, 2.45) is 5.10 Å². The lowest BCUT2D eigenvalue weighted by Gasteiger charge is -2.10. The summed E-state index contributed by atoms with van der Waals surface area (Å²) < 4.78 is 4.68. The van der Waals surface area contributed by atoms with Gasteiger partial charge < -0.3 is 4.74 Å². The molecule has 0 bridgehead atoms. The molecule has 168 valence electrons. The van der Waals surface area contributed by atoms with Crippen LogP contribution in [0, 0.1) is 11.3 Å². The number of Topliss-reactive ketones (excluding diaryl/α,β-unsaturated/α-hetero) is 1. The van der Waals surface area contributed by atoms with Crippen LogP contribution in [0.25, 0.3) is 0 Å². The summed E-state index contributed by atoms with van der Waals surface area (Å²) in [4.78, 5) is 35.8. The van der Waals surface area contributed by atoms with Crippen LogP contribution in [-0.4, -0.2) is 34.3 Å². The largest absolute Gasteiger partial charge is 0.466 e. The van der Waals surface area contributed by atoms with E-state index in [0.29, 0.717) is 21.2 Å². The smallest absolute Gasteiger partial charge is 0.313 e. The van der Waals surface area contributed by atoms with Crippen LogP contribution in [0.4, 0.5) is 5.69 Å². The zero-order valence-corrected chi connectivity index (χ0v) is 19.7. The second-order valence-corrected chi connectivity index (χ2v) is 8.45. The van der Waals surface area contributed by atoms with E-state index in [1.54, 1.807) is 19.1 Å². The number of carbonyl (C=O) groups excluding carboxylic acids is 2. The Morgan fingerprint density at radius 2 is 1.97 bits per heavy atom. The van der Waals surface area contributed by atoms with Gasteiger partial charge in [0.15, 0.2) is 0 Å². The van der Waals surface area contributed by atoms with Crippen molar-refractivity contribution in [1.82, 2.24) is 10.2 Å². The van der Waals surface area contributed by atoms with E-state index in [1.165, 1.54) is 23.9 Å². The molecular weight excluding hydrogens is 477 g/mol. The number of nitrogens with zero attached hydrogens (tertiary/aromatic N) is 3. The van der Waals surface area contributed by atoms with Crippen LogP contribution in [0.1, 0.15) is 38.7 Å². The van der Waals surface area contributed by atoms with Crippen LogP contribution in [0.5, 0.6) is 0 Å². The van der Waals surface area contributed by atoms with E-state index in [-0.39, 0.29) is 28.1 Å². The fourth-order valence-corrected chi connectivity index (χ4v) is 3.92. The summed E-state index contributed by atoms with van der Waals surface area (Å²) in [5.41, 5.74) is 2.68. The van der Waals surface area contributed by atoms with Crippen molar-refractivity contribution in [2.75, 3.05) is 12.0 Å². The Bertz CT molecular complexity index is 1130. The lowest BCUT2D eigenvalue weighted by molar-refractivity contribution is -0.144. The third kappa shape index (κ3) is 6.82. The van der Waals surface area contributed by atoms with Crippen molar-refractivity contribution >= 4 is 58.1 Å². The van der Waals surface area contributed by atoms with Crippen LogP contribution in [0.2, 0.25) is 10.0 Å². The zero-order chi connectivity index (χ0) is 23.8. The minimum absolute atomic E-state index is 0.0114. The molecule has 9 nitrogen and oxygen atoms in total. The minimum Gasteiger partial charge on any atom is -0.466 e. The van der Waals surface area contributed by atoms with Gasteiger partial charge in [-0.05, 0) is 31.0 Å². The Hall–Kier alpha value is -2.87. The number of anilines is 1. The van der Waals surface area contributed by atoms with Gasteiger partial charge >= 0.3 is 5.97 Å². The van der Waals surface area contributed by atoms with Crippen molar-refractivity contribution in [1.29, 1.82) is 5.26 Å². The summed E-state index contributed by atoms with van der Waals surface area (Å²) in [5, 5.41) is 20.4. The molecule has 0 atom stereocenters. The highest BCUT2D eigenvalue weighted by atomic mass is 35.5. The van der Waals surface area contributed by atoms with E-state index in [1.807, 2.05) is 13.8 Å². The highest BCUT2D eigenvalue weighted by molar-refractivity contribution is 7.99. The van der Waals surface area contributed by atoms with Crippen molar-refractivity contribution in [2.45, 2.75) is 43.0 Å². The first-order chi connectivity index (χ1) is 15.2. The molecule has 0 saturated heterocycles. The second-order valence-electron chi connectivity index (χ2n) is 6.61. The maximum Gasteiger partial charge on any atom is 0.313 e. The molecule has 0 fully saturated rings. The molecule has 0 amide bonds. The van der Waals surface area contributed by atoms with E-state index in [9.17, 15) is 14.4 Å². The minimum atomic E-state index is -0.784. The maximum absolute atomic E-state index is 12.0. The number of H-pyrrole nitrogens is 1. The molecule has 1 heterocycles. The summed E-state index contributed by atoms with van der Waals surface area (Å²) in [6.45, 7) is 5.52. The molecular formula is C20H19Cl2N5O4S. The van der Waals surface area contributed by atoms with Gasteiger partial charge in [0.25, 0.3) is 5.56 Å². The van der Waals surface area contributed by atoms with Gasteiger partial charge in [-0.1, -0.05) is 48.8 Å². The number of carbonyl (C=O) groups is 2. The summed E-state index contributed by atoms with van der Waals surface area (Å²) >= 11 is 13.9. The molecule has 0 aliphatic carbocycles. The number of aromatic nitrogens is 2. The highest BCUT2D eigenvalue weighted by Crippen LogP contribution is 2.40. The van der Waals surface area contributed by atoms with Gasteiger partial charge in [-0.3, -0.25) is 19.8 Å². The second kappa shape index (κ2) is 11.7. The van der Waals surface area contributed by atoms with Crippen LogP contribution in [0.3, 0.4) is 0 Å². The molecule has 2 rings (SSSR count). The third-order valence-corrected chi connectivity index (χ3v) is 5.80. The summed E-state index contributed by atoms with van der Waals surface area (Å²) in [7, 11) is 0. The average molecular weight is 496 g/mol. The van der Waals surface area contributed by atoms with E-state index in [0.717, 1.165) is 0 Å². The predicted molar refractivity (Wildman–Crippen MR) is 122 cm³/mol. The lowest BCUT2D eigenvalue weighted by atomic mass is 10.1. The Morgan fingerprint density at radius 1 is 1.31 bits per heavy atom. The van der Waals surface area contributed by atoms with E-state index >= 15 is 0 Å². The maximum atomic E-state index is 12.0. The number of hydrazone groups is 1. The van der Waals surface area contributed by atoms with Gasteiger partial charge in [-0.15, -0.1) is 0 Å². The molecule has 0 spiro atoms. The molecule has 0 aliphatic rings. The van der Waals surface area contributed by atoms with Crippen molar-refractivity contribution in [3.8, 4) is 6.07 Å². The lowest BCUT2D eigenvalue weighted by Crippen LogP contribution is -2.19. The number of hydrogen-bond acceptors (Lipinski definition) is 9. The quantitative estimate of drug-likeness (QED) is 0.228. The molecule has 1 aromatic heterocycles. The number of esters is 1. The summed E-state index contributed by atoms with van der Waals surface area (Å²) in [6.07, 6.45) is -0.594. The number of nitriles is 1. The topological polar surface area (TPSA) is 137 Å². The fraction of sp³-hybridized carbons (Fsp3) is 0.300. The van der Waals surface area contributed by atoms with Gasteiger partial charge in [0.05, 0.1) is 27.2 Å². The van der Waals surface area contributed by atoms with Crippen LogP contribution < -0.4 is 11.0 Å². The fourth-order valence-electron chi connectivity index (χ4n) is 2.41. The van der Waals surface area contributed by atoms with E-state index < -0.39 is 23.9 Å². The monoisotopic (exact) mass is 495 g/mol.